The van der Waals surface area contributed by atoms with Crippen molar-refractivity contribution >= 4 is 39.8 Å². The Morgan fingerprint density at radius 1 is 0.363 bits per heavy atom. The van der Waals surface area contributed by atoms with E-state index in [-0.39, 0.29) is 16.3 Å². The highest BCUT2D eigenvalue weighted by Gasteiger charge is 2.37. The summed E-state index contributed by atoms with van der Waals surface area (Å²) in [6, 6.07) is 63.2. The second-order valence-electron chi connectivity index (χ2n) is 26.7. The Morgan fingerprint density at radius 3 is 1.25 bits per heavy atom. The normalized spacial score (nSPS) is 12.8. The number of halogens is 3. The minimum absolute atomic E-state index is 0.0799. The van der Waals surface area contributed by atoms with Crippen molar-refractivity contribution in [2.45, 2.75) is 38.3 Å². The molecule has 2 fully saturated rings. The predicted molar refractivity (Wildman–Crippen MR) is 429 cm³/mol. The van der Waals surface area contributed by atoms with Crippen molar-refractivity contribution in [3.8, 4) is 125 Å². The highest BCUT2D eigenvalue weighted by molar-refractivity contribution is 7.16. The summed E-state index contributed by atoms with van der Waals surface area (Å²) in [6.45, 7) is 5.41. The molecule has 0 aliphatic carbocycles. The Hall–Kier alpha value is -13.9. The predicted octanol–water partition coefficient (Wildman–Crippen LogP) is 18.6. The van der Waals surface area contributed by atoms with E-state index in [4.69, 9.17) is 22.6 Å². The highest BCUT2D eigenvalue weighted by atomic mass is 32.1. The SMILES string of the molecule is CN(C)c1ccc(-c2nc(-c3ccncc3)no2)cc1.CN(C)c1cccc(-c2nc(-c3ccncc3)no2)c1.FC(F)(F)c1sc(-c2nc(-c3ccc4c(c3)CCN4)no2)cc1-c1ccccc1.c1cc(-c2nc(-c3ccncc3)no2)cc(N2CCCC2)c1.c1cc(-c2noc(-c3ccc(N4CCCC4)cc3)n2)ccn1. The molecule has 0 spiro atoms. The topological polar surface area (TPSA) is 271 Å². The van der Waals surface area contributed by atoms with Crippen LogP contribution in [0.3, 0.4) is 0 Å². The highest BCUT2D eigenvalue weighted by Crippen LogP contribution is 2.46. The fourth-order valence-electron chi connectivity index (χ4n) is 12.7. The second-order valence-corrected chi connectivity index (χ2v) is 27.7. The molecule has 2 saturated heterocycles. The first-order valence-corrected chi connectivity index (χ1v) is 37.3. The van der Waals surface area contributed by atoms with Crippen molar-refractivity contribution in [3.63, 3.8) is 0 Å². The Balaban J connectivity index is 0.000000112. The molecule has 566 valence electrons. The zero-order valence-corrected chi connectivity index (χ0v) is 62.7. The molecule has 24 nitrogen and oxygen atoms in total. The molecule has 113 heavy (non-hydrogen) atoms. The summed E-state index contributed by atoms with van der Waals surface area (Å²) < 4.78 is 67.6. The minimum Gasteiger partial charge on any atom is -0.384 e. The molecule has 3 aliphatic heterocycles. The van der Waals surface area contributed by atoms with E-state index >= 15 is 0 Å². The third-order valence-electron chi connectivity index (χ3n) is 18.6. The van der Waals surface area contributed by atoms with Gasteiger partial charge in [-0.3, -0.25) is 19.9 Å². The minimum atomic E-state index is -4.47. The number of hydrogen-bond donors (Lipinski definition) is 1. The van der Waals surface area contributed by atoms with Crippen LogP contribution in [-0.2, 0) is 12.6 Å². The quantitative estimate of drug-likeness (QED) is 0.0998. The van der Waals surface area contributed by atoms with Crippen LogP contribution >= 0.6 is 11.3 Å². The Bertz CT molecular complexity index is 5720. The fourth-order valence-corrected chi connectivity index (χ4v) is 13.6. The molecular formula is C85H74F3N19O5S. The van der Waals surface area contributed by atoms with Crippen molar-refractivity contribution < 1.29 is 35.8 Å². The largest absolute Gasteiger partial charge is 0.426 e. The summed E-state index contributed by atoms with van der Waals surface area (Å²) in [5, 5.41) is 23.4. The summed E-state index contributed by atoms with van der Waals surface area (Å²) in [5.41, 5.74) is 15.6. The van der Waals surface area contributed by atoms with Gasteiger partial charge in [0.2, 0.25) is 29.1 Å². The molecule has 0 saturated carbocycles. The second kappa shape index (κ2) is 34.8. The first-order chi connectivity index (χ1) is 55.3. The lowest BCUT2D eigenvalue weighted by Crippen LogP contribution is -2.17. The maximum Gasteiger partial charge on any atom is 0.426 e. The molecule has 0 bridgehead atoms. The van der Waals surface area contributed by atoms with Crippen LogP contribution in [0.1, 0.15) is 36.1 Å². The molecule has 10 aromatic heterocycles. The molecule has 16 aromatic rings. The number of benzene rings is 6. The lowest BCUT2D eigenvalue weighted by Gasteiger charge is -2.17. The number of anilines is 5. The van der Waals surface area contributed by atoms with Gasteiger partial charge in [0.15, 0.2) is 0 Å². The van der Waals surface area contributed by atoms with Gasteiger partial charge in [0, 0.05) is 195 Å². The first-order valence-electron chi connectivity index (χ1n) is 36.5. The van der Waals surface area contributed by atoms with Gasteiger partial charge in [-0.25, -0.2) is 0 Å². The van der Waals surface area contributed by atoms with Crippen LogP contribution in [0, 0.1) is 0 Å². The van der Waals surface area contributed by atoms with Crippen LogP contribution < -0.4 is 24.9 Å². The van der Waals surface area contributed by atoms with Crippen molar-refractivity contribution in [2.75, 3.05) is 85.8 Å². The van der Waals surface area contributed by atoms with Gasteiger partial charge in [0.05, 0.1) is 4.88 Å². The summed E-state index contributed by atoms with van der Waals surface area (Å²) in [5.74, 6) is 4.87. The van der Waals surface area contributed by atoms with E-state index in [0.29, 0.717) is 69.6 Å². The number of hydrogen-bond acceptors (Lipinski definition) is 25. The monoisotopic (exact) mass is 1530 g/mol. The molecule has 0 amide bonds. The number of fused-ring (bicyclic) bond motifs is 1. The van der Waals surface area contributed by atoms with Gasteiger partial charge in [-0.15, -0.1) is 11.3 Å². The van der Waals surface area contributed by atoms with E-state index in [1.807, 2.05) is 178 Å². The Kier molecular flexibility index (Phi) is 22.9. The fraction of sp³-hybridized carbons (Fsp3) is 0.176. The number of thiophene rings is 1. The van der Waals surface area contributed by atoms with Crippen molar-refractivity contribution in [2.24, 2.45) is 0 Å². The number of nitrogens with zero attached hydrogens (tertiary/aromatic N) is 18. The van der Waals surface area contributed by atoms with Gasteiger partial charge < -0.3 is 47.5 Å². The smallest absolute Gasteiger partial charge is 0.384 e. The van der Waals surface area contributed by atoms with Crippen LogP contribution in [-0.4, -0.2) is 132 Å². The molecule has 6 aromatic carbocycles. The molecule has 13 heterocycles. The van der Waals surface area contributed by atoms with Crippen LogP contribution in [0.15, 0.2) is 272 Å². The molecule has 0 unspecified atom stereocenters. The summed E-state index contributed by atoms with van der Waals surface area (Å²) >= 11 is 0.612. The summed E-state index contributed by atoms with van der Waals surface area (Å²) in [4.78, 5) is 46.6. The third kappa shape index (κ3) is 18.4. The molecular weight excluding hydrogens is 1460 g/mol. The third-order valence-corrected chi connectivity index (χ3v) is 19.8. The van der Waals surface area contributed by atoms with Gasteiger partial charge in [-0.2, -0.15) is 38.1 Å². The maximum absolute atomic E-state index is 13.6. The average Bonchev–Trinajstić information content (AvgIpc) is 1.63. The van der Waals surface area contributed by atoms with Gasteiger partial charge in [-0.1, -0.05) is 68.2 Å². The van der Waals surface area contributed by atoms with Crippen molar-refractivity contribution in [1.82, 2.24) is 70.6 Å². The molecule has 1 N–H and O–H groups in total. The van der Waals surface area contributed by atoms with E-state index in [0.717, 1.165) is 112 Å². The molecule has 28 heteroatoms. The zero-order valence-electron chi connectivity index (χ0n) is 61.9. The number of rotatable bonds is 15. The van der Waals surface area contributed by atoms with E-state index in [9.17, 15) is 13.2 Å². The lowest BCUT2D eigenvalue weighted by atomic mass is 10.1. The average molecular weight is 1530 g/mol. The van der Waals surface area contributed by atoms with Crippen LogP contribution in [0.25, 0.3) is 125 Å². The Morgan fingerprint density at radius 2 is 0.770 bits per heavy atom. The molecule has 19 rings (SSSR count). The number of nitrogens with one attached hydrogen (secondary N) is 1. The van der Waals surface area contributed by atoms with Crippen LogP contribution in [0.4, 0.5) is 41.6 Å². The number of alkyl halides is 3. The summed E-state index contributed by atoms with van der Waals surface area (Å²) in [6.07, 6.45) is 15.2. The lowest BCUT2D eigenvalue weighted by molar-refractivity contribution is -0.133. The number of aromatic nitrogens is 14. The maximum atomic E-state index is 13.6. The van der Waals surface area contributed by atoms with E-state index < -0.39 is 11.1 Å². The van der Waals surface area contributed by atoms with E-state index in [1.54, 1.807) is 79.9 Å². The van der Waals surface area contributed by atoms with Gasteiger partial charge in [0.25, 0.3) is 29.5 Å². The first kappa shape index (κ1) is 74.6. The van der Waals surface area contributed by atoms with E-state index in [2.05, 4.69) is 110 Å². The molecule has 0 atom stereocenters. The molecule has 0 radical (unpaired) electrons. The standard InChI is InChI=1S/C21H14F3N3OS.2C17H16N4O.2C15H14N4O/c22-21(23,24)18-15(12-4-2-1-3-5-12)11-17(29-18)20-26-19(27-28-20)14-6-7-16-13(10-14)8-9-25-16;1-2-12-21(11-1)15-5-3-14(4-6-15)17-19-16(20-22-17)13-7-9-18-10-8-13;1-2-11-21(10-1)15-5-3-4-14(12-15)17-19-16(20-22-17)13-6-8-18-9-7-13;1-19(2)13-5-3-12(4-6-13)15-17-14(18-20-15)11-7-9-16-10-8-11;1-19(2)13-5-3-4-12(10-13)15-17-14(18-20-15)11-6-8-16-9-7-11/h1-7,10-11,25H,8-9H2;3-10H,1-2,11-12H2;3-9,12H,1-2,10-11H2;2*3-10H,1-2H3. The van der Waals surface area contributed by atoms with Gasteiger partial charge >= 0.3 is 6.18 Å². The van der Waals surface area contributed by atoms with Crippen molar-refractivity contribution in [1.29, 1.82) is 0 Å². The van der Waals surface area contributed by atoms with Gasteiger partial charge in [0.1, 0.15) is 4.88 Å². The number of pyridine rings is 4. The van der Waals surface area contributed by atoms with Crippen LogP contribution in [0.5, 0.6) is 0 Å². The van der Waals surface area contributed by atoms with E-state index in [1.165, 1.54) is 43.1 Å². The van der Waals surface area contributed by atoms with Crippen LogP contribution in [0.2, 0.25) is 0 Å². The zero-order chi connectivity index (χ0) is 77.5. The molecule has 3 aliphatic rings. The Labute approximate surface area is 651 Å². The van der Waals surface area contributed by atoms with Crippen molar-refractivity contribution in [3.05, 3.63) is 260 Å². The summed E-state index contributed by atoms with van der Waals surface area (Å²) in [7, 11) is 8.00. The van der Waals surface area contributed by atoms with Gasteiger partial charge in [-0.05, 0) is 201 Å².